The number of carbonyl (C=O) groups excluding carboxylic acids is 1. The molecule has 0 aromatic heterocycles. The van der Waals surface area contributed by atoms with Crippen LogP contribution in [0, 0.1) is 0 Å². The first-order chi connectivity index (χ1) is 6.99. The van der Waals surface area contributed by atoms with Crippen LogP contribution in [0.5, 0.6) is 0 Å². The summed E-state index contributed by atoms with van der Waals surface area (Å²) in [4.78, 5) is 15.7. The lowest BCUT2D eigenvalue weighted by Gasteiger charge is -2.27. The van der Waals surface area contributed by atoms with Crippen molar-refractivity contribution >= 4 is 6.03 Å². The standard InChI is InChI=1S/C11H25N3O.H2/c1-6-12-11(15)14(10(2)3)9-7-8-13(4)5;/h10H,6-9H2,1-5H3,(H,12,15);1H. The van der Waals surface area contributed by atoms with Crippen LogP contribution in [0.15, 0.2) is 0 Å². The first kappa shape index (κ1) is 14.2. The van der Waals surface area contributed by atoms with E-state index in [2.05, 4.69) is 10.2 Å². The molecule has 4 heteroatoms. The molecule has 15 heavy (non-hydrogen) atoms. The van der Waals surface area contributed by atoms with E-state index in [0.717, 1.165) is 19.5 Å². The van der Waals surface area contributed by atoms with Gasteiger partial charge in [0.15, 0.2) is 0 Å². The van der Waals surface area contributed by atoms with Crippen molar-refractivity contribution in [2.24, 2.45) is 0 Å². The molecule has 0 spiro atoms. The van der Waals surface area contributed by atoms with Gasteiger partial charge >= 0.3 is 6.03 Å². The van der Waals surface area contributed by atoms with Crippen LogP contribution in [-0.2, 0) is 0 Å². The Hall–Kier alpha value is -0.770. The van der Waals surface area contributed by atoms with Gasteiger partial charge in [0.2, 0.25) is 0 Å². The van der Waals surface area contributed by atoms with E-state index in [9.17, 15) is 4.79 Å². The van der Waals surface area contributed by atoms with Crippen LogP contribution in [0.1, 0.15) is 28.6 Å². The molecule has 0 fully saturated rings. The molecule has 0 unspecified atom stereocenters. The lowest BCUT2D eigenvalue weighted by molar-refractivity contribution is 0.180. The van der Waals surface area contributed by atoms with Gasteiger partial charge in [0.1, 0.15) is 0 Å². The minimum atomic E-state index is 0. The molecule has 0 saturated carbocycles. The molecule has 0 aliphatic carbocycles. The molecule has 0 aliphatic heterocycles. The maximum absolute atomic E-state index is 11.7. The van der Waals surface area contributed by atoms with E-state index in [1.807, 2.05) is 39.8 Å². The minimum absolute atomic E-state index is 0. The monoisotopic (exact) mass is 217 g/mol. The summed E-state index contributed by atoms with van der Waals surface area (Å²) in [5.41, 5.74) is 0. The number of hydrogen-bond acceptors (Lipinski definition) is 2. The average Bonchev–Trinajstić information content (AvgIpc) is 2.11. The number of nitrogens with zero attached hydrogens (tertiary/aromatic N) is 2. The van der Waals surface area contributed by atoms with Crippen LogP contribution in [0.4, 0.5) is 4.79 Å². The fourth-order valence-corrected chi connectivity index (χ4v) is 1.40. The Bertz CT molecular complexity index is 186. The van der Waals surface area contributed by atoms with E-state index >= 15 is 0 Å². The second-order valence-electron chi connectivity index (χ2n) is 4.28. The van der Waals surface area contributed by atoms with E-state index in [-0.39, 0.29) is 13.5 Å². The van der Waals surface area contributed by atoms with Crippen molar-refractivity contribution in [3.05, 3.63) is 0 Å². The van der Waals surface area contributed by atoms with E-state index in [1.165, 1.54) is 0 Å². The van der Waals surface area contributed by atoms with Gasteiger partial charge < -0.3 is 15.1 Å². The zero-order valence-corrected chi connectivity index (χ0v) is 10.7. The number of nitrogens with one attached hydrogen (secondary N) is 1. The molecule has 0 radical (unpaired) electrons. The second-order valence-corrected chi connectivity index (χ2v) is 4.28. The van der Waals surface area contributed by atoms with Crippen LogP contribution in [0.25, 0.3) is 0 Å². The highest BCUT2D eigenvalue weighted by atomic mass is 16.2. The highest BCUT2D eigenvalue weighted by molar-refractivity contribution is 5.74. The van der Waals surface area contributed by atoms with Gasteiger partial charge in [-0.2, -0.15) is 0 Å². The highest BCUT2D eigenvalue weighted by Crippen LogP contribution is 2.00. The number of carbonyl (C=O) groups is 1. The van der Waals surface area contributed by atoms with E-state index in [0.29, 0.717) is 6.54 Å². The van der Waals surface area contributed by atoms with Crippen molar-refractivity contribution in [2.75, 3.05) is 33.7 Å². The molecule has 0 rings (SSSR count). The zero-order valence-electron chi connectivity index (χ0n) is 10.7. The van der Waals surface area contributed by atoms with Gasteiger partial charge in [-0.3, -0.25) is 0 Å². The number of urea groups is 1. The van der Waals surface area contributed by atoms with Gasteiger partial charge in [0.05, 0.1) is 0 Å². The van der Waals surface area contributed by atoms with Crippen molar-refractivity contribution in [2.45, 2.75) is 33.2 Å². The average molecular weight is 217 g/mol. The van der Waals surface area contributed by atoms with Crippen LogP contribution in [0.2, 0.25) is 0 Å². The Labute approximate surface area is 95.1 Å². The number of amides is 2. The molecule has 0 bridgehead atoms. The van der Waals surface area contributed by atoms with Crippen molar-refractivity contribution < 1.29 is 6.22 Å². The molecule has 0 aliphatic rings. The first-order valence-corrected chi connectivity index (χ1v) is 5.68. The van der Waals surface area contributed by atoms with Crippen molar-refractivity contribution in [3.8, 4) is 0 Å². The maximum atomic E-state index is 11.7. The lowest BCUT2D eigenvalue weighted by atomic mass is 10.3. The van der Waals surface area contributed by atoms with Crippen LogP contribution < -0.4 is 5.32 Å². The molecule has 1 N–H and O–H groups in total. The first-order valence-electron chi connectivity index (χ1n) is 5.68. The van der Waals surface area contributed by atoms with Crippen molar-refractivity contribution in [3.63, 3.8) is 0 Å². The summed E-state index contributed by atoms with van der Waals surface area (Å²) >= 11 is 0. The normalized spacial score (nSPS) is 10.9. The highest BCUT2D eigenvalue weighted by Gasteiger charge is 2.15. The van der Waals surface area contributed by atoms with Crippen LogP contribution in [0.3, 0.4) is 0 Å². The molecular formula is C11H27N3O. The van der Waals surface area contributed by atoms with Gasteiger partial charge in [-0.1, -0.05) is 0 Å². The summed E-state index contributed by atoms with van der Waals surface area (Å²) in [5, 5.41) is 2.84. The lowest BCUT2D eigenvalue weighted by Crippen LogP contribution is -2.44. The van der Waals surface area contributed by atoms with Gasteiger partial charge in [0.25, 0.3) is 0 Å². The van der Waals surface area contributed by atoms with Crippen LogP contribution in [-0.4, -0.2) is 55.6 Å². The smallest absolute Gasteiger partial charge is 0.317 e. The van der Waals surface area contributed by atoms with E-state index in [4.69, 9.17) is 0 Å². The summed E-state index contributed by atoms with van der Waals surface area (Å²) < 4.78 is 0. The van der Waals surface area contributed by atoms with Gasteiger partial charge in [-0.05, 0) is 47.8 Å². The molecule has 0 atom stereocenters. The van der Waals surface area contributed by atoms with E-state index < -0.39 is 0 Å². The Morgan fingerprint density at radius 1 is 1.33 bits per heavy atom. The molecule has 92 valence electrons. The predicted octanol–water partition coefficient (Wildman–Crippen LogP) is 1.62. The fourth-order valence-electron chi connectivity index (χ4n) is 1.40. The number of hydrogen-bond donors (Lipinski definition) is 1. The van der Waals surface area contributed by atoms with Gasteiger partial charge in [-0.15, -0.1) is 0 Å². The molecule has 0 heterocycles. The molecule has 4 nitrogen and oxygen atoms in total. The third kappa shape index (κ3) is 6.33. The summed E-state index contributed by atoms with van der Waals surface area (Å²) in [6.45, 7) is 8.56. The summed E-state index contributed by atoms with van der Waals surface area (Å²) in [5.74, 6) is 0. The predicted molar refractivity (Wildman–Crippen MR) is 66.2 cm³/mol. The fraction of sp³-hybridized carbons (Fsp3) is 0.909. The number of rotatable bonds is 6. The summed E-state index contributed by atoms with van der Waals surface area (Å²) in [6.07, 6.45) is 1.02. The summed E-state index contributed by atoms with van der Waals surface area (Å²) in [7, 11) is 4.09. The summed E-state index contributed by atoms with van der Waals surface area (Å²) in [6, 6.07) is 0.310. The van der Waals surface area contributed by atoms with Gasteiger partial charge in [0, 0.05) is 20.6 Å². The van der Waals surface area contributed by atoms with Crippen molar-refractivity contribution in [1.29, 1.82) is 0 Å². The molecule has 2 amide bonds. The SMILES string of the molecule is CCNC(=O)N(CCCN(C)C)C(C)C.[HH]. The Balaban J connectivity index is 0. The molecule has 0 aromatic rings. The molecule has 0 saturated heterocycles. The van der Waals surface area contributed by atoms with E-state index in [1.54, 1.807) is 0 Å². The zero-order chi connectivity index (χ0) is 11.8. The third-order valence-corrected chi connectivity index (χ3v) is 2.22. The maximum Gasteiger partial charge on any atom is 0.317 e. The molecule has 0 aromatic carbocycles. The minimum Gasteiger partial charge on any atom is -0.338 e. The van der Waals surface area contributed by atoms with Crippen molar-refractivity contribution in [1.82, 2.24) is 15.1 Å². The topological polar surface area (TPSA) is 35.6 Å². The molecular weight excluding hydrogens is 190 g/mol. The Kier molecular flexibility index (Phi) is 7.13. The van der Waals surface area contributed by atoms with Gasteiger partial charge in [-0.25, -0.2) is 4.79 Å². The third-order valence-electron chi connectivity index (χ3n) is 2.22. The van der Waals surface area contributed by atoms with Crippen LogP contribution >= 0.6 is 0 Å². The Morgan fingerprint density at radius 2 is 1.93 bits per heavy atom. The Morgan fingerprint density at radius 3 is 2.33 bits per heavy atom. The second kappa shape index (κ2) is 7.51. The largest absolute Gasteiger partial charge is 0.338 e. The quantitative estimate of drug-likeness (QED) is 0.734.